The van der Waals surface area contributed by atoms with Crippen LogP contribution in [0, 0.1) is 5.82 Å². The van der Waals surface area contributed by atoms with Gasteiger partial charge in [-0.05, 0) is 38.0 Å². The number of halogens is 1. The molecule has 3 N–H and O–H groups in total. The summed E-state index contributed by atoms with van der Waals surface area (Å²) in [5, 5.41) is 2.96. The van der Waals surface area contributed by atoms with Crippen LogP contribution in [0.5, 0.6) is 0 Å². The van der Waals surface area contributed by atoms with E-state index < -0.39 is 5.82 Å². The Hall–Kier alpha value is -1.62. The number of carbonyl (C=O) groups is 1. The number of carbonyl (C=O) groups excluding carboxylic acids is 1. The minimum atomic E-state index is -0.510. The molecule has 98 valence electrons. The van der Waals surface area contributed by atoms with E-state index in [2.05, 4.69) is 5.32 Å². The Kier molecular flexibility index (Phi) is 3.52. The van der Waals surface area contributed by atoms with Crippen molar-refractivity contribution in [1.82, 2.24) is 5.32 Å². The number of nitrogen functional groups attached to an aromatic ring is 1. The number of amides is 1. The second-order valence-electron chi connectivity index (χ2n) is 4.86. The maximum absolute atomic E-state index is 13.0. The van der Waals surface area contributed by atoms with Crippen molar-refractivity contribution in [3.8, 4) is 0 Å². The van der Waals surface area contributed by atoms with Crippen LogP contribution in [0.1, 0.15) is 30.1 Å². The van der Waals surface area contributed by atoms with Crippen LogP contribution in [-0.2, 0) is 4.74 Å². The zero-order chi connectivity index (χ0) is 13.2. The van der Waals surface area contributed by atoms with Gasteiger partial charge >= 0.3 is 0 Å². The maximum Gasteiger partial charge on any atom is 0.251 e. The van der Waals surface area contributed by atoms with Crippen molar-refractivity contribution in [2.24, 2.45) is 0 Å². The van der Waals surface area contributed by atoms with Crippen molar-refractivity contribution in [1.29, 1.82) is 0 Å². The molecule has 1 aromatic carbocycles. The lowest BCUT2D eigenvalue weighted by Gasteiger charge is -2.34. The maximum atomic E-state index is 13.0. The molecule has 0 saturated carbocycles. The molecule has 1 aromatic rings. The summed E-state index contributed by atoms with van der Waals surface area (Å²) in [6.45, 7) is 3.27. The minimum absolute atomic E-state index is 0.0141. The summed E-state index contributed by atoms with van der Waals surface area (Å²) in [5.74, 6) is -0.741. The topological polar surface area (TPSA) is 64.4 Å². The van der Waals surface area contributed by atoms with Gasteiger partial charge in [-0.15, -0.1) is 0 Å². The molecule has 1 heterocycles. The first-order valence-electron chi connectivity index (χ1n) is 5.95. The van der Waals surface area contributed by atoms with E-state index in [9.17, 15) is 9.18 Å². The number of hydrogen-bond donors (Lipinski definition) is 2. The summed E-state index contributed by atoms with van der Waals surface area (Å²) in [5.41, 5.74) is 5.55. The molecular weight excluding hydrogens is 235 g/mol. The molecule has 0 spiro atoms. The van der Waals surface area contributed by atoms with E-state index in [1.807, 2.05) is 6.92 Å². The van der Waals surface area contributed by atoms with Crippen LogP contribution in [0.2, 0.25) is 0 Å². The predicted octanol–water partition coefficient (Wildman–Crippen LogP) is 1.71. The number of benzene rings is 1. The third-order valence-electron chi connectivity index (χ3n) is 3.27. The molecule has 0 unspecified atom stereocenters. The Morgan fingerprint density at radius 1 is 1.44 bits per heavy atom. The molecule has 0 bridgehead atoms. The second-order valence-corrected chi connectivity index (χ2v) is 4.86. The molecule has 1 amide bonds. The molecule has 0 aliphatic carbocycles. The van der Waals surface area contributed by atoms with Crippen LogP contribution in [0.4, 0.5) is 10.1 Å². The zero-order valence-corrected chi connectivity index (χ0v) is 10.3. The normalized spacial score (nSPS) is 18.3. The number of ether oxygens (including phenoxy) is 1. The summed E-state index contributed by atoms with van der Waals surface area (Å²) in [6.07, 6.45) is 1.55. The van der Waals surface area contributed by atoms with Crippen molar-refractivity contribution in [3.63, 3.8) is 0 Å². The quantitative estimate of drug-likeness (QED) is 0.787. The first-order chi connectivity index (χ1) is 8.50. The SMILES string of the molecule is CC1(NC(=O)c2ccc(F)c(N)c2)CCOCC1. The third kappa shape index (κ3) is 2.79. The Labute approximate surface area is 105 Å². The van der Waals surface area contributed by atoms with Gasteiger partial charge in [0.25, 0.3) is 5.91 Å². The van der Waals surface area contributed by atoms with Gasteiger partial charge in [-0.25, -0.2) is 4.39 Å². The van der Waals surface area contributed by atoms with Crippen molar-refractivity contribution < 1.29 is 13.9 Å². The van der Waals surface area contributed by atoms with Crippen molar-refractivity contribution in [2.75, 3.05) is 18.9 Å². The highest BCUT2D eigenvalue weighted by atomic mass is 19.1. The standard InChI is InChI=1S/C13H17FN2O2/c1-13(4-6-18-7-5-13)16-12(17)9-2-3-10(14)11(15)8-9/h2-3,8H,4-7,15H2,1H3,(H,16,17). The van der Waals surface area contributed by atoms with Gasteiger partial charge in [0, 0.05) is 24.3 Å². The Balaban J connectivity index is 2.09. The van der Waals surface area contributed by atoms with Gasteiger partial charge in [0.1, 0.15) is 5.82 Å². The molecule has 5 heteroatoms. The van der Waals surface area contributed by atoms with E-state index in [1.54, 1.807) is 0 Å². The highest BCUT2D eigenvalue weighted by Gasteiger charge is 2.29. The predicted molar refractivity (Wildman–Crippen MR) is 66.7 cm³/mol. The van der Waals surface area contributed by atoms with Gasteiger partial charge in [0.2, 0.25) is 0 Å². The summed E-state index contributed by atoms with van der Waals surface area (Å²) >= 11 is 0. The molecular formula is C13H17FN2O2. The molecule has 0 atom stereocenters. The summed E-state index contributed by atoms with van der Waals surface area (Å²) in [6, 6.07) is 3.99. The number of anilines is 1. The second kappa shape index (κ2) is 4.94. The van der Waals surface area contributed by atoms with Crippen LogP contribution < -0.4 is 11.1 Å². The van der Waals surface area contributed by atoms with E-state index in [0.717, 1.165) is 12.8 Å². The van der Waals surface area contributed by atoms with Gasteiger partial charge < -0.3 is 15.8 Å². The van der Waals surface area contributed by atoms with Crippen LogP contribution in [0.15, 0.2) is 18.2 Å². The van der Waals surface area contributed by atoms with E-state index in [0.29, 0.717) is 18.8 Å². The lowest BCUT2D eigenvalue weighted by molar-refractivity contribution is 0.0423. The summed E-state index contributed by atoms with van der Waals surface area (Å²) < 4.78 is 18.3. The van der Waals surface area contributed by atoms with Crippen LogP contribution >= 0.6 is 0 Å². The lowest BCUT2D eigenvalue weighted by atomic mass is 9.92. The van der Waals surface area contributed by atoms with E-state index in [-0.39, 0.29) is 17.1 Å². The lowest BCUT2D eigenvalue weighted by Crippen LogP contribution is -2.49. The highest BCUT2D eigenvalue weighted by molar-refractivity contribution is 5.95. The van der Waals surface area contributed by atoms with Gasteiger partial charge in [-0.2, -0.15) is 0 Å². The Bertz CT molecular complexity index is 456. The average molecular weight is 252 g/mol. The average Bonchev–Trinajstić information content (AvgIpc) is 2.33. The molecule has 2 rings (SSSR count). The minimum Gasteiger partial charge on any atom is -0.396 e. The fourth-order valence-corrected chi connectivity index (χ4v) is 1.98. The highest BCUT2D eigenvalue weighted by Crippen LogP contribution is 2.21. The number of hydrogen-bond acceptors (Lipinski definition) is 3. The molecule has 1 aliphatic heterocycles. The Morgan fingerprint density at radius 2 is 2.11 bits per heavy atom. The molecule has 1 fully saturated rings. The zero-order valence-electron chi connectivity index (χ0n) is 10.3. The summed E-state index contributed by atoms with van der Waals surface area (Å²) in [7, 11) is 0. The number of nitrogens with one attached hydrogen (secondary N) is 1. The monoisotopic (exact) mass is 252 g/mol. The largest absolute Gasteiger partial charge is 0.396 e. The Morgan fingerprint density at radius 3 is 2.72 bits per heavy atom. The van der Waals surface area contributed by atoms with Gasteiger partial charge in [-0.3, -0.25) is 4.79 Å². The summed E-state index contributed by atoms with van der Waals surface area (Å²) in [4.78, 5) is 12.1. The van der Waals surface area contributed by atoms with Crippen molar-refractivity contribution in [3.05, 3.63) is 29.6 Å². The molecule has 1 saturated heterocycles. The van der Waals surface area contributed by atoms with Gasteiger partial charge in [0.15, 0.2) is 0 Å². The first kappa shape index (κ1) is 12.8. The molecule has 0 aromatic heterocycles. The van der Waals surface area contributed by atoms with E-state index in [1.165, 1.54) is 18.2 Å². The van der Waals surface area contributed by atoms with Gasteiger partial charge in [-0.1, -0.05) is 0 Å². The van der Waals surface area contributed by atoms with Crippen molar-refractivity contribution >= 4 is 11.6 Å². The smallest absolute Gasteiger partial charge is 0.251 e. The molecule has 18 heavy (non-hydrogen) atoms. The fraction of sp³-hybridized carbons (Fsp3) is 0.462. The fourth-order valence-electron chi connectivity index (χ4n) is 1.98. The van der Waals surface area contributed by atoms with E-state index >= 15 is 0 Å². The van der Waals surface area contributed by atoms with Crippen LogP contribution in [-0.4, -0.2) is 24.7 Å². The third-order valence-corrected chi connectivity index (χ3v) is 3.27. The van der Waals surface area contributed by atoms with E-state index in [4.69, 9.17) is 10.5 Å². The number of rotatable bonds is 2. The molecule has 0 radical (unpaired) electrons. The van der Waals surface area contributed by atoms with Crippen LogP contribution in [0.3, 0.4) is 0 Å². The number of nitrogens with two attached hydrogens (primary N) is 1. The molecule has 1 aliphatic rings. The van der Waals surface area contributed by atoms with Crippen molar-refractivity contribution in [2.45, 2.75) is 25.3 Å². The molecule has 4 nitrogen and oxygen atoms in total. The first-order valence-corrected chi connectivity index (χ1v) is 5.95. The van der Waals surface area contributed by atoms with Gasteiger partial charge in [0.05, 0.1) is 5.69 Å². The van der Waals surface area contributed by atoms with Crippen LogP contribution in [0.25, 0.3) is 0 Å².